The van der Waals surface area contributed by atoms with Gasteiger partial charge in [0, 0.05) is 16.2 Å². The van der Waals surface area contributed by atoms with Crippen LogP contribution in [0.5, 0.6) is 0 Å². The van der Waals surface area contributed by atoms with Gasteiger partial charge in [-0.25, -0.2) is 8.78 Å². The number of carbonyl (C=O) groups excluding carboxylic acids is 1. The quantitative estimate of drug-likeness (QED) is 0.800. The van der Waals surface area contributed by atoms with Gasteiger partial charge in [-0.3, -0.25) is 4.79 Å². The van der Waals surface area contributed by atoms with Crippen molar-refractivity contribution in [2.45, 2.75) is 6.42 Å². The van der Waals surface area contributed by atoms with Gasteiger partial charge in [0.1, 0.15) is 11.6 Å². The highest BCUT2D eigenvalue weighted by Gasteiger charge is 2.08. The van der Waals surface area contributed by atoms with Gasteiger partial charge in [-0.2, -0.15) is 0 Å². The van der Waals surface area contributed by atoms with Crippen LogP contribution in [0.3, 0.4) is 0 Å². The Morgan fingerprint density at radius 1 is 1.10 bits per heavy atom. The van der Waals surface area contributed by atoms with E-state index in [9.17, 15) is 13.6 Å². The maximum atomic E-state index is 13.0. The Morgan fingerprint density at radius 3 is 2.40 bits per heavy atom. The van der Waals surface area contributed by atoms with Crippen molar-refractivity contribution in [1.82, 2.24) is 5.32 Å². The highest BCUT2D eigenvalue weighted by atomic mass is 127. The summed E-state index contributed by atoms with van der Waals surface area (Å²) in [4.78, 5) is 11.9. The van der Waals surface area contributed by atoms with Gasteiger partial charge in [-0.1, -0.05) is 12.1 Å². The Bertz CT molecular complexity index is 611. The van der Waals surface area contributed by atoms with E-state index in [0.717, 1.165) is 9.64 Å². The maximum absolute atomic E-state index is 13.0. The maximum Gasteiger partial charge on any atom is 0.252 e. The second kappa shape index (κ2) is 6.78. The summed E-state index contributed by atoms with van der Waals surface area (Å²) in [5.74, 6) is -1.40. The van der Waals surface area contributed by atoms with Gasteiger partial charge in [-0.15, -0.1) is 0 Å². The molecule has 2 aromatic carbocycles. The number of nitrogens with one attached hydrogen (secondary N) is 1. The van der Waals surface area contributed by atoms with Crippen LogP contribution in [-0.2, 0) is 6.42 Å². The van der Waals surface area contributed by atoms with E-state index in [-0.39, 0.29) is 5.91 Å². The van der Waals surface area contributed by atoms with Gasteiger partial charge in [0.2, 0.25) is 0 Å². The van der Waals surface area contributed by atoms with E-state index in [4.69, 9.17) is 0 Å². The number of hydrogen-bond donors (Lipinski definition) is 1. The first-order chi connectivity index (χ1) is 9.56. The molecule has 20 heavy (non-hydrogen) atoms. The molecule has 0 fully saturated rings. The summed E-state index contributed by atoms with van der Waals surface area (Å²) < 4.78 is 26.9. The van der Waals surface area contributed by atoms with Crippen LogP contribution in [-0.4, -0.2) is 12.5 Å². The van der Waals surface area contributed by atoms with Crippen molar-refractivity contribution in [2.75, 3.05) is 6.54 Å². The van der Waals surface area contributed by atoms with Crippen LogP contribution in [0.25, 0.3) is 0 Å². The normalized spacial score (nSPS) is 10.3. The third-order valence-corrected chi connectivity index (χ3v) is 3.68. The lowest BCUT2D eigenvalue weighted by molar-refractivity contribution is 0.0953. The van der Waals surface area contributed by atoms with Crippen molar-refractivity contribution < 1.29 is 13.6 Å². The third-order valence-electron chi connectivity index (χ3n) is 2.74. The monoisotopic (exact) mass is 387 g/mol. The van der Waals surface area contributed by atoms with Crippen LogP contribution in [0.15, 0.2) is 42.5 Å². The Kier molecular flexibility index (Phi) is 5.05. The molecule has 2 aromatic rings. The molecule has 0 aliphatic rings. The van der Waals surface area contributed by atoms with Crippen LogP contribution in [0.1, 0.15) is 15.9 Å². The lowest BCUT2D eigenvalue weighted by atomic mass is 10.1. The smallest absolute Gasteiger partial charge is 0.252 e. The second-order valence-corrected chi connectivity index (χ2v) is 5.43. The molecule has 0 bridgehead atoms. The fourth-order valence-corrected chi connectivity index (χ4v) is 2.45. The highest BCUT2D eigenvalue weighted by Crippen LogP contribution is 2.11. The van der Waals surface area contributed by atoms with Crippen molar-refractivity contribution >= 4 is 28.5 Å². The Hall–Kier alpha value is -1.50. The van der Waals surface area contributed by atoms with Gasteiger partial charge < -0.3 is 5.32 Å². The molecule has 0 spiro atoms. The minimum absolute atomic E-state index is 0.188. The van der Waals surface area contributed by atoms with Gasteiger partial charge in [-0.05, 0) is 58.8 Å². The SMILES string of the molecule is O=C(NCCc1cc(F)cc(F)c1)c1ccccc1I. The molecule has 2 rings (SSSR count). The number of amides is 1. The van der Waals surface area contributed by atoms with Crippen molar-refractivity contribution in [2.24, 2.45) is 0 Å². The van der Waals surface area contributed by atoms with Gasteiger partial charge >= 0.3 is 0 Å². The number of rotatable bonds is 4. The number of benzene rings is 2. The summed E-state index contributed by atoms with van der Waals surface area (Å²) in [7, 11) is 0. The molecule has 0 aromatic heterocycles. The zero-order valence-corrected chi connectivity index (χ0v) is 12.7. The molecule has 5 heteroatoms. The molecular weight excluding hydrogens is 375 g/mol. The van der Waals surface area contributed by atoms with Crippen LogP contribution >= 0.6 is 22.6 Å². The molecule has 104 valence electrons. The van der Waals surface area contributed by atoms with E-state index in [0.29, 0.717) is 24.1 Å². The van der Waals surface area contributed by atoms with Crippen LogP contribution < -0.4 is 5.32 Å². The fourth-order valence-electron chi connectivity index (χ4n) is 1.82. The van der Waals surface area contributed by atoms with E-state index >= 15 is 0 Å². The first-order valence-corrected chi connectivity index (χ1v) is 7.12. The highest BCUT2D eigenvalue weighted by molar-refractivity contribution is 14.1. The predicted molar refractivity (Wildman–Crippen MR) is 81.6 cm³/mol. The van der Waals surface area contributed by atoms with Crippen molar-refractivity contribution in [3.63, 3.8) is 0 Å². The average Bonchev–Trinajstić information content (AvgIpc) is 2.38. The Labute approximate surface area is 129 Å². The van der Waals surface area contributed by atoms with Crippen LogP contribution in [0, 0.1) is 15.2 Å². The number of hydrogen-bond acceptors (Lipinski definition) is 1. The van der Waals surface area contributed by atoms with E-state index < -0.39 is 11.6 Å². The zero-order valence-electron chi connectivity index (χ0n) is 10.5. The Morgan fingerprint density at radius 2 is 1.75 bits per heavy atom. The standard InChI is InChI=1S/C15H12F2INO/c16-11-7-10(8-12(17)9-11)5-6-19-15(20)13-3-1-2-4-14(13)18/h1-4,7-9H,5-6H2,(H,19,20). The van der Waals surface area contributed by atoms with Crippen molar-refractivity contribution in [3.8, 4) is 0 Å². The minimum atomic E-state index is -0.607. The molecular formula is C15H12F2INO. The van der Waals surface area contributed by atoms with Gasteiger partial charge in [0.15, 0.2) is 0 Å². The molecule has 0 aliphatic heterocycles. The third kappa shape index (κ3) is 4.00. The van der Waals surface area contributed by atoms with E-state index in [1.165, 1.54) is 12.1 Å². The molecule has 0 saturated heterocycles. The lowest BCUT2D eigenvalue weighted by Gasteiger charge is -2.07. The molecule has 0 aliphatic carbocycles. The molecule has 0 heterocycles. The average molecular weight is 387 g/mol. The van der Waals surface area contributed by atoms with Crippen molar-refractivity contribution in [1.29, 1.82) is 0 Å². The molecule has 0 radical (unpaired) electrons. The minimum Gasteiger partial charge on any atom is -0.352 e. The molecule has 0 atom stereocenters. The van der Waals surface area contributed by atoms with E-state index in [1.807, 2.05) is 12.1 Å². The van der Waals surface area contributed by atoms with E-state index in [1.54, 1.807) is 12.1 Å². The molecule has 1 amide bonds. The van der Waals surface area contributed by atoms with Gasteiger partial charge in [0.25, 0.3) is 5.91 Å². The predicted octanol–water partition coefficient (Wildman–Crippen LogP) is 3.54. The molecule has 0 unspecified atom stereocenters. The first-order valence-electron chi connectivity index (χ1n) is 6.04. The summed E-state index contributed by atoms with van der Waals surface area (Å²) >= 11 is 2.09. The van der Waals surface area contributed by atoms with E-state index in [2.05, 4.69) is 27.9 Å². The fraction of sp³-hybridized carbons (Fsp3) is 0.133. The topological polar surface area (TPSA) is 29.1 Å². The summed E-state index contributed by atoms with van der Waals surface area (Å²) in [6, 6.07) is 10.6. The first kappa shape index (κ1) is 14.9. The molecule has 2 nitrogen and oxygen atoms in total. The largest absolute Gasteiger partial charge is 0.352 e. The zero-order chi connectivity index (χ0) is 14.5. The molecule has 0 saturated carbocycles. The Balaban J connectivity index is 1.93. The summed E-state index contributed by atoms with van der Waals surface area (Å²) in [5, 5.41) is 2.74. The molecule has 1 N–H and O–H groups in total. The summed E-state index contributed by atoms with van der Waals surface area (Å²) in [5.41, 5.74) is 1.11. The summed E-state index contributed by atoms with van der Waals surface area (Å²) in [6.07, 6.45) is 0.379. The van der Waals surface area contributed by atoms with Crippen molar-refractivity contribution in [3.05, 3.63) is 68.8 Å². The lowest BCUT2D eigenvalue weighted by Crippen LogP contribution is -2.26. The van der Waals surface area contributed by atoms with Crippen LogP contribution in [0.4, 0.5) is 8.78 Å². The summed E-state index contributed by atoms with van der Waals surface area (Å²) in [6.45, 7) is 0.326. The number of halogens is 3. The number of carbonyl (C=O) groups is 1. The van der Waals surface area contributed by atoms with Gasteiger partial charge in [0.05, 0.1) is 5.56 Å². The second-order valence-electron chi connectivity index (χ2n) is 4.26. The van der Waals surface area contributed by atoms with Crippen LogP contribution in [0.2, 0.25) is 0 Å².